The number of anilines is 1. The molecule has 0 amide bonds. The van der Waals surface area contributed by atoms with E-state index in [4.69, 9.17) is 30.7 Å². The van der Waals surface area contributed by atoms with E-state index in [-0.39, 0.29) is 29.0 Å². The van der Waals surface area contributed by atoms with E-state index in [1.807, 2.05) is 30.5 Å². The Morgan fingerprint density at radius 1 is 1.07 bits per heavy atom. The van der Waals surface area contributed by atoms with Crippen molar-refractivity contribution in [2.24, 2.45) is 5.73 Å². The summed E-state index contributed by atoms with van der Waals surface area (Å²) in [7, 11) is -4.77. The molecule has 11 nitrogen and oxygen atoms in total. The number of phosphoric ester groups is 1. The van der Waals surface area contributed by atoms with Gasteiger partial charge in [0.1, 0.15) is 22.8 Å². The molecule has 0 bridgehead atoms. The summed E-state index contributed by atoms with van der Waals surface area (Å²) in [5, 5.41) is 11.5. The maximum atomic E-state index is 11.4. The van der Waals surface area contributed by atoms with E-state index in [0.717, 1.165) is 47.1 Å². The lowest BCUT2D eigenvalue weighted by Gasteiger charge is -2.27. The number of unbranched alkanes of at least 4 members (excludes halogenated alkanes) is 1. The molecule has 0 unspecified atom stereocenters. The SMILES string of the molecule is CCCCc1nc2c(N)nc3cc(C(C)(C)CCOCC(C)(C)N)ccc3c2n1Cc1cc(OP(=O)(O)O)ccc1O. The van der Waals surface area contributed by atoms with E-state index in [2.05, 4.69) is 26.8 Å². The number of hydrogen-bond acceptors (Lipinski definition) is 8. The van der Waals surface area contributed by atoms with Gasteiger partial charge in [-0.3, -0.25) is 9.79 Å². The molecule has 42 heavy (non-hydrogen) atoms. The van der Waals surface area contributed by atoms with Crippen LogP contribution in [0.15, 0.2) is 36.4 Å². The van der Waals surface area contributed by atoms with Gasteiger partial charge in [0.25, 0.3) is 0 Å². The normalized spacial score (nSPS) is 12.9. The summed E-state index contributed by atoms with van der Waals surface area (Å²) in [6.07, 6.45) is 3.32. The Labute approximate surface area is 246 Å². The Morgan fingerprint density at radius 2 is 1.81 bits per heavy atom. The van der Waals surface area contributed by atoms with Gasteiger partial charge < -0.3 is 30.4 Å². The van der Waals surface area contributed by atoms with E-state index in [9.17, 15) is 19.5 Å². The number of aromatic hydroxyl groups is 1. The quantitative estimate of drug-likeness (QED) is 0.102. The number of fused-ring (bicyclic) bond motifs is 3. The number of nitrogens with zero attached hydrogens (tertiary/aromatic N) is 3. The molecule has 0 saturated heterocycles. The van der Waals surface area contributed by atoms with Crippen LogP contribution in [0.3, 0.4) is 0 Å². The van der Waals surface area contributed by atoms with Crippen molar-refractivity contribution in [1.29, 1.82) is 0 Å². The molecule has 0 spiro atoms. The summed E-state index contributed by atoms with van der Waals surface area (Å²) in [5.41, 5.74) is 15.5. The number of phosphoric acid groups is 1. The maximum Gasteiger partial charge on any atom is 0.524 e. The highest BCUT2D eigenvalue weighted by Crippen LogP contribution is 2.40. The van der Waals surface area contributed by atoms with Crippen LogP contribution >= 0.6 is 7.82 Å². The molecule has 0 fully saturated rings. The number of ether oxygens (including phenoxy) is 1. The van der Waals surface area contributed by atoms with Crippen molar-refractivity contribution < 1.29 is 28.7 Å². The second-order valence-corrected chi connectivity index (χ2v) is 13.4. The Morgan fingerprint density at radius 3 is 2.48 bits per heavy atom. The fourth-order valence-corrected chi connectivity index (χ4v) is 5.32. The minimum atomic E-state index is -4.77. The average Bonchev–Trinajstić information content (AvgIpc) is 3.24. The molecule has 4 aromatic rings. The molecule has 228 valence electrons. The van der Waals surface area contributed by atoms with Crippen LogP contribution < -0.4 is 16.0 Å². The van der Waals surface area contributed by atoms with Gasteiger partial charge in [-0.2, -0.15) is 0 Å². The predicted octanol–water partition coefficient (Wildman–Crippen LogP) is 5.16. The summed E-state index contributed by atoms with van der Waals surface area (Å²) in [6, 6.07) is 10.2. The lowest BCUT2D eigenvalue weighted by molar-refractivity contribution is 0.0852. The Hall–Kier alpha value is -3.21. The standard InChI is InChI=1S/C30H42N5O6P/c1-6-7-8-25-34-26-27(35(25)17-19-15-21(10-12-24(19)36)41-42(37,38)39)22-11-9-20(16-23(22)33-28(26)31)29(2,3)13-14-40-18-30(4,5)32/h9-12,15-16,36H,6-8,13-14,17-18,32H2,1-5H3,(H2,31,33)(H2,37,38,39). The predicted molar refractivity (Wildman–Crippen MR) is 165 cm³/mol. The van der Waals surface area contributed by atoms with Gasteiger partial charge in [-0.05, 0) is 61.9 Å². The summed E-state index contributed by atoms with van der Waals surface area (Å²) in [4.78, 5) is 28.1. The van der Waals surface area contributed by atoms with Gasteiger partial charge in [0, 0.05) is 29.5 Å². The van der Waals surface area contributed by atoms with Crippen LogP contribution in [-0.2, 0) is 27.7 Å². The lowest BCUT2D eigenvalue weighted by atomic mass is 9.81. The van der Waals surface area contributed by atoms with Crippen molar-refractivity contribution in [3.63, 3.8) is 0 Å². The monoisotopic (exact) mass is 599 g/mol. The van der Waals surface area contributed by atoms with E-state index in [0.29, 0.717) is 36.5 Å². The number of hydrogen-bond donors (Lipinski definition) is 5. The summed E-state index contributed by atoms with van der Waals surface area (Å²) in [5.74, 6) is 0.998. The van der Waals surface area contributed by atoms with Gasteiger partial charge in [-0.25, -0.2) is 14.5 Å². The zero-order valence-corrected chi connectivity index (χ0v) is 25.8. The van der Waals surface area contributed by atoms with E-state index in [1.54, 1.807) is 0 Å². The van der Waals surface area contributed by atoms with Crippen LogP contribution in [0, 0.1) is 0 Å². The van der Waals surface area contributed by atoms with Crippen LogP contribution in [0.5, 0.6) is 11.5 Å². The number of phenolic OH excluding ortho intramolecular Hbond substituents is 1. The van der Waals surface area contributed by atoms with Crippen LogP contribution in [0.4, 0.5) is 5.82 Å². The fourth-order valence-electron chi connectivity index (χ4n) is 4.93. The zero-order chi connectivity index (χ0) is 30.9. The molecule has 0 atom stereocenters. The molecule has 0 aliphatic rings. The molecule has 7 N–H and O–H groups in total. The molecular formula is C30H42N5O6P. The number of nitrogens with two attached hydrogens (primary N) is 2. The third kappa shape index (κ3) is 7.59. The first-order valence-electron chi connectivity index (χ1n) is 14.1. The Bertz CT molecular complexity index is 1620. The van der Waals surface area contributed by atoms with Gasteiger partial charge in [0.15, 0.2) is 5.82 Å². The average molecular weight is 600 g/mol. The third-order valence-electron chi connectivity index (χ3n) is 7.27. The molecule has 2 aromatic carbocycles. The Balaban J connectivity index is 1.78. The number of imidazole rings is 1. The van der Waals surface area contributed by atoms with Crippen molar-refractivity contribution in [3.8, 4) is 11.5 Å². The number of rotatable bonds is 13. The molecule has 12 heteroatoms. The number of phenols is 1. The zero-order valence-electron chi connectivity index (χ0n) is 24.9. The minimum Gasteiger partial charge on any atom is -0.508 e. The van der Waals surface area contributed by atoms with Crippen molar-refractivity contribution in [2.45, 2.75) is 77.8 Å². The van der Waals surface area contributed by atoms with Crippen LogP contribution in [0.2, 0.25) is 0 Å². The molecule has 2 heterocycles. The van der Waals surface area contributed by atoms with E-state index in [1.165, 1.54) is 18.2 Å². The number of pyridine rings is 1. The first kappa shape index (κ1) is 31.7. The number of aryl methyl sites for hydroxylation is 1. The van der Waals surface area contributed by atoms with Crippen molar-refractivity contribution in [1.82, 2.24) is 14.5 Å². The molecule has 0 radical (unpaired) electrons. The summed E-state index contributed by atoms with van der Waals surface area (Å²) in [6.45, 7) is 11.5. The second kappa shape index (κ2) is 12.2. The summed E-state index contributed by atoms with van der Waals surface area (Å²) >= 11 is 0. The Kier molecular flexibility index (Phi) is 9.20. The highest BCUT2D eigenvalue weighted by atomic mass is 31.2. The number of aromatic nitrogens is 3. The number of nitrogen functional groups attached to an aromatic ring is 1. The largest absolute Gasteiger partial charge is 0.524 e. The first-order chi connectivity index (χ1) is 19.6. The molecule has 0 aliphatic heterocycles. The molecule has 0 aliphatic carbocycles. The summed E-state index contributed by atoms with van der Waals surface area (Å²) < 4.78 is 24.0. The van der Waals surface area contributed by atoms with Crippen LogP contribution in [-0.4, -0.2) is 48.2 Å². The molecular weight excluding hydrogens is 557 g/mol. The van der Waals surface area contributed by atoms with Gasteiger partial charge >= 0.3 is 7.82 Å². The topological polar surface area (TPSA) is 179 Å². The van der Waals surface area contributed by atoms with E-state index < -0.39 is 7.82 Å². The second-order valence-electron chi connectivity index (χ2n) is 12.2. The molecule has 0 saturated carbocycles. The van der Waals surface area contributed by atoms with Crippen LogP contribution in [0.25, 0.3) is 21.9 Å². The molecule has 2 aromatic heterocycles. The van der Waals surface area contributed by atoms with Gasteiger partial charge in [0.05, 0.1) is 24.2 Å². The maximum absolute atomic E-state index is 11.4. The van der Waals surface area contributed by atoms with Crippen molar-refractivity contribution >= 4 is 35.6 Å². The highest BCUT2D eigenvalue weighted by Gasteiger charge is 2.24. The first-order valence-corrected chi connectivity index (χ1v) is 15.6. The lowest BCUT2D eigenvalue weighted by Crippen LogP contribution is -2.37. The smallest absolute Gasteiger partial charge is 0.508 e. The fraction of sp³-hybridized carbons (Fsp3) is 0.467. The van der Waals surface area contributed by atoms with Gasteiger partial charge in [0.2, 0.25) is 0 Å². The third-order valence-corrected chi connectivity index (χ3v) is 7.72. The number of benzene rings is 2. The molecule has 4 rings (SSSR count). The van der Waals surface area contributed by atoms with Gasteiger partial charge in [-0.15, -0.1) is 0 Å². The van der Waals surface area contributed by atoms with Crippen molar-refractivity contribution in [2.75, 3.05) is 18.9 Å². The van der Waals surface area contributed by atoms with E-state index >= 15 is 0 Å². The highest BCUT2D eigenvalue weighted by molar-refractivity contribution is 7.46. The van der Waals surface area contributed by atoms with Crippen LogP contribution in [0.1, 0.15) is 70.8 Å². The van der Waals surface area contributed by atoms with Crippen molar-refractivity contribution in [3.05, 3.63) is 53.3 Å². The van der Waals surface area contributed by atoms with Gasteiger partial charge in [-0.1, -0.05) is 39.3 Å². The minimum absolute atomic E-state index is 0.0352.